The summed E-state index contributed by atoms with van der Waals surface area (Å²) in [6, 6.07) is 6.80. The minimum Gasteiger partial charge on any atom is -0.508 e. The summed E-state index contributed by atoms with van der Waals surface area (Å²) in [6.45, 7) is 2.09. The van der Waals surface area contributed by atoms with Crippen LogP contribution in [-0.4, -0.2) is 10.2 Å². The summed E-state index contributed by atoms with van der Waals surface area (Å²) in [7, 11) is 0. The van der Waals surface area contributed by atoms with Gasteiger partial charge in [-0.3, -0.25) is 0 Å². The summed E-state index contributed by atoms with van der Waals surface area (Å²) in [5.41, 5.74) is 0.799. The monoisotopic (exact) mass is 180 g/mol. The molecule has 0 aliphatic heterocycles. The maximum Gasteiger partial charge on any atom is 0.115 e. The van der Waals surface area contributed by atoms with Crippen LogP contribution in [0.15, 0.2) is 24.3 Å². The molecule has 2 nitrogen and oxygen atoms in total. The van der Waals surface area contributed by atoms with Gasteiger partial charge in [-0.2, -0.15) is 0 Å². The van der Waals surface area contributed by atoms with Gasteiger partial charge in [0.25, 0.3) is 0 Å². The van der Waals surface area contributed by atoms with Gasteiger partial charge in [0.15, 0.2) is 0 Å². The number of phenols is 1. The zero-order valence-electron chi connectivity index (χ0n) is 7.90. The smallest absolute Gasteiger partial charge is 0.115 e. The molecule has 13 heavy (non-hydrogen) atoms. The first-order valence-corrected chi connectivity index (χ1v) is 4.71. The molecule has 0 unspecified atom stereocenters. The van der Waals surface area contributed by atoms with E-state index in [0.29, 0.717) is 0 Å². The van der Waals surface area contributed by atoms with Crippen molar-refractivity contribution in [3.05, 3.63) is 29.8 Å². The van der Waals surface area contributed by atoms with Crippen LogP contribution in [0, 0.1) is 0 Å². The van der Waals surface area contributed by atoms with Crippen molar-refractivity contribution in [2.45, 2.75) is 32.3 Å². The van der Waals surface area contributed by atoms with Gasteiger partial charge in [0.1, 0.15) is 5.75 Å². The fraction of sp³-hybridized carbons (Fsp3) is 0.455. The van der Waals surface area contributed by atoms with Crippen molar-refractivity contribution in [1.82, 2.24) is 0 Å². The minimum atomic E-state index is -0.438. The first-order chi connectivity index (χ1) is 6.24. The summed E-state index contributed by atoms with van der Waals surface area (Å²) >= 11 is 0. The van der Waals surface area contributed by atoms with E-state index in [9.17, 15) is 10.2 Å². The van der Waals surface area contributed by atoms with Gasteiger partial charge in [-0.25, -0.2) is 0 Å². The molecule has 0 saturated heterocycles. The molecule has 0 bridgehead atoms. The van der Waals surface area contributed by atoms with E-state index in [1.165, 1.54) is 0 Å². The van der Waals surface area contributed by atoms with Crippen LogP contribution in [0.1, 0.15) is 37.9 Å². The Kier molecular flexibility index (Phi) is 3.77. The zero-order valence-corrected chi connectivity index (χ0v) is 7.90. The Hall–Kier alpha value is -1.02. The number of rotatable bonds is 4. The van der Waals surface area contributed by atoms with Crippen molar-refractivity contribution >= 4 is 0 Å². The van der Waals surface area contributed by atoms with Crippen LogP contribution >= 0.6 is 0 Å². The van der Waals surface area contributed by atoms with E-state index >= 15 is 0 Å². The van der Waals surface area contributed by atoms with E-state index < -0.39 is 6.10 Å². The number of hydrogen-bond acceptors (Lipinski definition) is 2. The average Bonchev–Trinajstić information content (AvgIpc) is 2.14. The minimum absolute atomic E-state index is 0.216. The molecule has 0 fully saturated rings. The van der Waals surface area contributed by atoms with Crippen molar-refractivity contribution in [3.63, 3.8) is 0 Å². The maximum atomic E-state index is 9.66. The summed E-state index contributed by atoms with van der Waals surface area (Å²) < 4.78 is 0. The average molecular weight is 180 g/mol. The lowest BCUT2D eigenvalue weighted by molar-refractivity contribution is 0.164. The Morgan fingerprint density at radius 2 is 2.15 bits per heavy atom. The standard InChI is InChI=1S/C11H16O2/c1-2-3-7-11(13)9-5-4-6-10(12)8-9/h4-6,8,11-13H,2-3,7H2,1H3/t11-/m0/s1. The highest BCUT2D eigenvalue weighted by atomic mass is 16.3. The van der Waals surface area contributed by atoms with Crippen LogP contribution < -0.4 is 0 Å². The van der Waals surface area contributed by atoms with Crippen molar-refractivity contribution < 1.29 is 10.2 Å². The second-order valence-corrected chi connectivity index (χ2v) is 3.25. The Morgan fingerprint density at radius 1 is 1.38 bits per heavy atom. The normalized spacial score (nSPS) is 12.8. The van der Waals surface area contributed by atoms with Crippen LogP contribution in [0.4, 0.5) is 0 Å². The number of aliphatic hydroxyl groups excluding tert-OH is 1. The molecule has 1 aromatic carbocycles. The lowest BCUT2D eigenvalue weighted by Crippen LogP contribution is -1.96. The number of benzene rings is 1. The second kappa shape index (κ2) is 4.87. The highest BCUT2D eigenvalue weighted by Gasteiger charge is 2.06. The third-order valence-corrected chi connectivity index (χ3v) is 2.09. The lowest BCUT2D eigenvalue weighted by atomic mass is 10.0. The van der Waals surface area contributed by atoms with Gasteiger partial charge in [-0.15, -0.1) is 0 Å². The summed E-state index contributed by atoms with van der Waals surface area (Å²) in [5.74, 6) is 0.216. The molecule has 0 saturated carbocycles. The molecule has 0 aliphatic carbocycles. The Bertz CT molecular complexity index is 258. The van der Waals surface area contributed by atoms with Gasteiger partial charge in [0.2, 0.25) is 0 Å². The van der Waals surface area contributed by atoms with Crippen molar-refractivity contribution in [2.75, 3.05) is 0 Å². The third kappa shape index (κ3) is 3.07. The molecule has 0 heterocycles. The van der Waals surface area contributed by atoms with Crippen molar-refractivity contribution in [3.8, 4) is 5.75 Å². The Balaban J connectivity index is 2.60. The molecule has 0 radical (unpaired) electrons. The molecule has 1 aromatic rings. The molecule has 0 aromatic heterocycles. The summed E-state index contributed by atoms with van der Waals surface area (Å²) in [5, 5.41) is 18.8. The van der Waals surface area contributed by atoms with Gasteiger partial charge in [0.05, 0.1) is 6.10 Å². The number of phenolic OH excluding ortho intramolecular Hbond substituents is 1. The number of unbranched alkanes of at least 4 members (excludes halogenated alkanes) is 1. The molecule has 0 aliphatic rings. The zero-order chi connectivity index (χ0) is 9.68. The topological polar surface area (TPSA) is 40.5 Å². The predicted molar refractivity (Wildman–Crippen MR) is 52.6 cm³/mol. The quantitative estimate of drug-likeness (QED) is 0.747. The molecule has 0 spiro atoms. The molecule has 2 N–H and O–H groups in total. The number of hydrogen-bond donors (Lipinski definition) is 2. The Morgan fingerprint density at radius 3 is 2.77 bits per heavy atom. The van der Waals surface area contributed by atoms with Crippen LogP contribution in [-0.2, 0) is 0 Å². The second-order valence-electron chi connectivity index (χ2n) is 3.25. The largest absolute Gasteiger partial charge is 0.508 e. The van der Waals surface area contributed by atoms with Crippen LogP contribution in [0.3, 0.4) is 0 Å². The summed E-state index contributed by atoms with van der Waals surface area (Å²) in [6.07, 6.45) is 2.42. The van der Waals surface area contributed by atoms with Crippen molar-refractivity contribution in [1.29, 1.82) is 0 Å². The third-order valence-electron chi connectivity index (χ3n) is 2.09. The highest BCUT2D eigenvalue weighted by molar-refractivity contribution is 5.28. The number of aromatic hydroxyl groups is 1. The number of aliphatic hydroxyl groups is 1. The fourth-order valence-electron chi connectivity index (χ4n) is 1.30. The molecule has 2 heteroatoms. The van der Waals surface area contributed by atoms with Gasteiger partial charge >= 0.3 is 0 Å². The summed E-state index contributed by atoms with van der Waals surface area (Å²) in [4.78, 5) is 0. The molecular weight excluding hydrogens is 164 g/mol. The van der Waals surface area contributed by atoms with Crippen LogP contribution in [0.2, 0.25) is 0 Å². The van der Waals surface area contributed by atoms with Gasteiger partial charge in [-0.1, -0.05) is 31.9 Å². The molecule has 1 atom stereocenters. The van der Waals surface area contributed by atoms with Crippen LogP contribution in [0.5, 0.6) is 5.75 Å². The molecule has 1 rings (SSSR count). The van der Waals surface area contributed by atoms with E-state index in [0.717, 1.165) is 24.8 Å². The van der Waals surface area contributed by atoms with Gasteiger partial charge in [0, 0.05) is 0 Å². The Labute approximate surface area is 78.8 Å². The van der Waals surface area contributed by atoms with E-state index in [2.05, 4.69) is 6.92 Å². The maximum absolute atomic E-state index is 9.66. The lowest BCUT2D eigenvalue weighted by Gasteiger charge is -2.09. The van der Waals surface area contributed by atoms with Gasteiger partial charge < -0.3 is 10.2 Å². The first kappa shape index (κ1) is 10.1. The molecule has 72 valence electrons. The highest BCUT2D eigenvalue weighted by Crippen LogP contribution is 2.22. The molecule has 0 amide bonds. The van der Waals surface area contributed by atoms with E-state index in [1.54, 1.807) is 18.2 Å². The molecular formula is C11H16O2. The van der Waals surface area contributed by atoms with E-state index in [1.807, 2.05) is 6.07 Å². The fourth-order valence-corrected chi connectivity index (χ4v) is 1.30. The van der Waals surface area contributed by atoms with Crippen molar-refractivity contribution in [2.24, 2.45) is 0 Å². The first-order valence-electron chi connectivity index (χ1n) is 4.71. The van der Waals surface area contributed by atoms with Crippen LogP contribution in [0.25, 0.3) is 0 Å². The van der Waals surface area contributed by atoms with E-state index in [-0.39, 0.29) is 5.75 Å². The SMILES string of the molecule is CCCC[C@H](O)c1cccc(O)c1. The predicted octanol–water partition coefficient (Wildman–Crippen LogP) is 2.62. The van der Waals surface area contributed by atoms with Gasteiger partial charge in [-0.05, 0) is 24.1 Å². The van der Waals surface area contributed by atoms with E-state index in [4.69, 9.17) is 0 Å².